The van der Waals surface area contributed by atoms with Crippen LogP contribution in [0.4, 0.5) is 0 Å². The first-order valence-electron chi connectivity index (χ1n) is 11.8. The Morgan fingerprint density at radius 3 is 1.41 bits per heavy atom. The molecule has 0 aliphatic carbocycles. The molecule has 1 atom stereocenters. The average molecular weight is 446 g/mol. The Kier molecular flexibility index (Phi) is 7.88. The fourth-order valence-corrected chi connectivity index (χ4v) is 5.38. The molecular formula is C31H38Cl. The van der Waals surface area contributed by atoms with Crippen molar-refractivity contribution in [2.75, 3.05) is 0 Å². The maximum Gasteiger partial charge on any atom is 0.0743 e. The maximum absolute atomic E-state index is 7.20. The molecule has 3 aromatic carbocycles. The van der Waals surface area contributed by atoms with Crippen LogP contribution in [0.2, 0.25) is 0 Å². The minimum Gasteiger partial charge on any atom is -0.116 e. The highest BCUT2D eigenvalue weighted by Crippen LogP contribution is 2.43. The molecule has 0 aromatic heterocycles. The van der Waals surface area contributed by atoms with Gasteiger partial charge in [-0.05, 0) is 83.9 Å². The van der Waals surface area contributed by atoms with Gasteiger partial charge in [-0.15, -0.1) is 11.6 Å². The summed E-state index contributed by atoms with van der Waals surface area (Å²) in [5.74, 6) is 0. The van der Waals surface area contributed by atoms with Crippen LogP contribution in [0.3, 0.4) is 0 Å². The molecule has 169 valence electrons. The summed E-state index contributed by atoms with van der Waals surface area (Å²) in [6.45, 7) is 15.4. The molecule has 0 aliphatic rings. The van der Waals surface area contributed by atoms with Crippen molar-refractivity contribution < 1.29 is 0 Å². The van der Waals surface area contributed by atoms with Crippen molar-refractivity contribution in [1.82, 2.24) is 0 Å². The van der Waals surface area contributed by atoms with Crippen LogP contribution in [-0.2, 0) is 18.3 Å². The summed E-state index contributed by atoms with van der Waals surface area (Å²) in [6, 6.07) is 20.6. The van der Waals surface area contributed by atoms with E-state index in [4.69, 9.17) is 11.6 Å². The minimum atomic E-state index is -0.172. The molecule has 0 spiro atoms. The van der Waals surface area contributed by atoms with Gasteiger partial charge in [0.25, 0.3) is 0 Å². The molecular weight excluding hydrogens is 408 g/mol. The Morgan fingerprint density at radius 2 is 0.969 bits per heavy atom. The molecule has 0 saturated heterocycles. The summed E-state index contributed by atoms with van der Waals surface area (Å²) in [5, 5.41) is 1.06. The number of rotatable bonds is 8. The molecule has 1 unspecified atom stereocenters. The standard InChI is InChI=1S/C31H38Cl/c1-21-12-22(2)16-27(15-21)8-9-30(32)31(7,29-19-25(5)14-26(6)20-29)11-10-28-17-23(3)13-24(4)18-28/h12-20H,8-11H2,1-7H3. The van der Waals surface area contributed by atoms with Crippen LogP contribution in [-0.4, -0.2) is 0 Å². The molecule has 32 heavy (non-hydrogen) atoms. The van der Waals surface area contributed by atoms with Crippen molar-refractivity contribution in [1.29, 1.82) is 0 Å². The highest BCUT2D eigenvalue weighted by atomic mass is 35.5. The van der Waals surface area contributed by atoms with Gasteiger partial charge in [-0.25, -0.2) is 0 Å². The van der Waals surface area contributed by atoms with Crippen LogP contribution >= 0.6 is 11.6 Å². The highest BCUT2D eigenvalue weighted by molar-refractivity contribution is 6.28. The average Bonchev–Trinajstić information content (AvgIpc) is 2.68. The van der Waals surface area contributed by atoms with E-state index in [9.17, 15) is 0 Å². The lowest BCUT2D eigenvalue weighted by Gasteiger charge is -2.35. The molecule has 1 radical (unpaired) electrons. The van der Waals surface area contributed by atoms with E-state index in [0.717, 1.165) is 31.1 Å². The van der Waals surface area contributed by atoms with E-state index < -0.39 is 0 Å². The molecule has 0 heterocycles. The summed E-state index contributed by atoms with van der Waals surface area (Å²) in [6.07, 6.45) is 3.89. The third-order valence-electron chi connectivity index (χ3n) is 6.57. The first-order chi connectivity index (χ1) is 15.0. The normalized spacial score (nSPS) is 13.4. The molecule has 0 fully saturated rings. The Bertz CT molecular complexity index is 1020. The first-order valence-corrected chi connectivity index (χ1v) is 12.2. The van der Waals surface area contributed by atoms with E-state index in [2.05, 4.69) is 103 Å². The van der Waals surface area contributed by atoms with Gasteiger partial charge in [0.15, 0.2) is 0 Å². The van der Waals surface area contributed by atoms with E-state index in [-0.39, 0.29) is 5.41 Å². The van der Waals surface area contributed by atoms with Gasteiger partial charge >= 0.3 is 0 Å². The maximum atomic E-state index is 7.20. The Morgan fingerprint density at radius 1 is 0.594 bits per heavy atom. The van der Waals surface area contributed by atoms with E-state index in [1.165, 1.54) is 50.1 Å². The monoisotopic (exact) mass is 445 g/mol. The van der Waals surface area contributed by atoms with Crippen molar-refractivity contribution >= 4 is 11.6 Å². The quantitative estimate of drug-likeness (QED) is 0.324. The Balaban J connectivity index is 1.88. The highest BCUT2D eigenvalue weighted by Gasteiger charge is 2.35. The van der Waals surface area contributed by atoms with Crippen molar-refractivity contribution in [2.45, 2.75) is 79.6 Å². The Hall–Kier alpha value is -2.05. The molecule has 1 heteroatoms. The van der Waals surface area contributed by atoms with E-state index >= 15 is 0 Å². The molecule has 3 rings (SSSR count). The van der Waals surface area contributed by atoms with Gasteiger partial charge in [-0.3, -0.25) is 0 Å². The lowest BCUT2D eigenvalue weighted by Crippen LogP contribution is -2.29. The van der Waals surface area contributed by atoms with E-state index in [1.807, 2.05) is 0 Å². The van der Waals surface area contributed by atoms with Gasteiger partial charge < -0.3 is 0 Å². The van der Waals surface area contributed by atoms with Crippen LogP contribution in [0, 0.1) is 46.9 Å². The second-order valence-corrected chi connectivity index (χ2v) is 10.6. The number of benzene rings is 3. The zero-order chi connectivity index (χ0) is 23.5. The fraction of sp³-hybridized carbons (Fsp3) is 0.387. The molecule has 0 amide bonds. The summed E-state index contributed by atoms with van der Waals surface area (Å²) in [5.41, 5.74) is 11.9. The number of hydrogen-bond donors (Lipinski definition) is 0. The van der Waals surface area contributed by atoms with Crippen LogP contribution in [0.1, 0.15) is 69.8 Å². The SMILES string of the molecule is Cc1cc(C)cc(CC[C](Cl)C(C)(CCc2cc(C)cc(C)c2)c2cc(C)cc(C)c2)c1. The summed E-state index contributed by atoms with van der Waals surface area (Å²) in [7, 11) is 0. The van der Waals surface area contributed by atoms with Gasteiger partial charge in [-0.1, -0.05) is 94.9 Å². The molecule has 0 saturated carbocycles. The molecule has 0 nitrogen and oxygen atoms in total. The van der Waals surface area contributed by atoms with Crippen LogP contribution in [0.15, 0.2) is 54.6 Å². The lowest BCUT2D eigenvalue weighted by atomic mass is 9.72. The third-order valence-corrected chi connectivity index (χ3v) is 7.17. The number of halogens is 1. The smallest absolute Gasteiger partial charge is 0.0743 e. The second kappa shape index (κ2) is 10.3. The summed E-state index contributed by atoms with van der Waals surface area (Å²) >= 11 is 7.20. The summed E-state index contributed by atoms with van der Waals surface area (Å²) in [4.78, 5) is 0. The van der Waals surface area contributed by atoms with Gasteiger partial charge in [0, 0.05) is 5.41 Å². The molecule has 0 bridgehead atoms. The van der Waals surface area contributed by atoms with Gasteiger partial charge in [0.05, 0.1) is 5.38 Å². The van der Waals surface area contributed by atoms with Gasteiger partial charge in [0.1, 0.15) is 0 Å². The first kappa shape index (κ1) is 24.6. The second-order valence-electron chi connectivity index (χ2n) is 10.1. The van der Waals surface area contributed by atoms with Gasteiger partial charge in [-0.2, -0.15) is 0 Å². The Labute approximate surface area is 201 Å². The van der Waals surface area contributed by atoms with Crippen molar-refractivity contribution in [2.24, 2.45) is 0 Å². The third kappa shape index (κ3) is 6.26. The van der Waals surface area contributed by atoms with Crippen LogP contribution < -0.4 is 0 Å². The molecule has 0 N–H and O–H groups in total. The van der Waals surface area contributed by atoms with Crippen LogP contribution in [0.25, 0.3) is 0 Å². The minimum absolute atomic E-state index is 0.172. The van der Waals surface area contributed by atoms with Gasteiger partial charge in [0.2, 0.25) is 0 Å². The predicted octanol–water partition coefficient (Wildman–Crippen LogP) is 8.83. The van der Waals surface area contributed by atoms with Crippen molar-refractivity contribution in [3.63, 3.8) is 0 Å². The zero-order valence-corrected chi connectivity index (χ0v) is 21.7. The number of aryl methyl sites for hydroxylation is 8. The molecule has 0 aliphatic heterocycles. The van der Waals surface area contributed by atoms with Crippen LogP contribution in [0.5, 0.6) is 0 Å². The lowest BCUT2D eigenvalue weighted by molar-refractivity contribution is 0.463. The fourth-order valence-electron chi connectivity index (χ4n) is 5.08. The van der Waals surface area contributed by atoms with E-state index in [1.54, 1.807) is 0 Å². The zero-order valence-electron chi connectivity index (χ0n) is 20.9. The molecule has 3 aromatic rings. The van der Waals surface area contributed by atoms with E-state index in [0.29, 0.717) is 0 Å². The van der Waals surface area contributed by atoms with Crippen molar-refractivity contribution in [3.8, 4) is 0 Å². The van der Waals surface area contributed by atoms with Crippen molar-refractivity contribution in [3.05, 3.63) is 110 Å². The number of hydrogen-bond acceptors (Lipinski definition) is 0. The largest absolute Gasteiger partial charge is 0.116 e. The summed E-state index contributed by atoms with van der Waals surface area (Å²) < 4.78 is 0. The topological polar surface area (TPSA) is 0 Å². The predicted molar refractivity (Wildman–Crippen MR) is 141 cm³/mol.